The van der Waals surface area contributed by atoms with E-state index in [1.54, 1.807) is 6.92 Å². The minimum atomic E-state index is -0.506. The molecule has 5 nitrogen and oxygen atoms in total. The minimum Gasteiger partial charge on any atom is -0.326 e. The molecule has 0 unspecified atom stereocenters. The fraction of sp³-hybridized carbons (Fsp3) is 0.118. The Bertz CT molecular complexity index is 756. The highest BCUT2D eigenvalue weighted by molar-refractivity contribution is 6.06. The number of hydrazone groups is 1. The lowest BCUT2D eigenvalue weighted by atomic mass is 10.2. The van der Waals surface area contributed by atoms with E-state index in [9.17, 15) is 18.4 Å². The van der Waals surface area contributed by atoms with Crippen LogP contribution in [-0.2, 0) is 4.79 Å². The fourth-order valence-corrected chi connectivity index (χ4v) is 1.82. The zero-order chi connectivity index (χ0) is 17.5. The lowest BCUT2D eigenvalue weighted by molar-refractivity contribution is -0.115. The summed E-state index contributed by atoms with van der Waals surface area (Å²) in [6.45, 7) is 1.58. The maximum absolute atomic E-state index is 12.8. The van der Waals surface area contributed by atoms with E-state index in [0.717, 1.165) is 0 Å². The molecule has 0 spiro atoms. The van der Waals surface area contributed by atoms with Gasteiger partial charge in [0.25, 0.3) is 5.91 Å². The molecule has 0 saturated heterocycles. The Morgan fingerprint density at radius 1 is 0.958 bits per heavy atom. The molecular weight excluding hydrogens is 316 g/mol. The molecule has 7 heteroatoms. The average Bonchev–Trinajstić information content (AvgIpc) is 2.55. The molecule has 0 aliphatic heterocycles. The van der Waals surface area contributed by atoms with E-state index in [2.05, 4.69) is 15.8 Å². The Labute approximate surface area is 137 Å². The van der Waals surface area contributed by atoms with Gasteiger partial charge in [0.05, 0.1) is 6.42 Å². The van der Waals surface area contributed by atoms with Gasteiger partial charge in [-0.05, 0) is 55.5 Å². The number of carbonyl (C=O) groups is 2. The van der Waals surface area contributed by atoms with Crippen molar-refractivity contribution in [1.82, 2.24) is 5.43 Å². The van der Waals surface area contributed by atoms with Crippen LogP contribution in [0.3, 0.4) is 0 Å². The standard InChI is InChI=1S/C17H15F2N3O2/c1-11(10-16(23)20-15-8-6-14(19)7-9-15)21-22-17(24)12-2-4-13(18)5-3-12/h2-9H,10H2,1H3,(H,20,23)(H,22,24). The van der Waals surface area contributed by atoms with Crippen LogP contribution in [0.15, 0.2) is 53.6 Å². The van der Waals surface area contributed by atoms with Gasteiger partial charge >= 0.3 is 0 Å². The highest BCUT2D eigenvalue weighted by Gasteiger charge is 2.07. The number of nitrogens with zero attached hydrogens (tertiary/aromatic N) is 1. The second kappa shape index (κ2) is 7.96. The molecule has 0 atom stereocenters. The van der Waals surface area contributed by atoms with Gasteiger partial charge in [-0.15, -0.1) is 0 Å². The predicted molar refractivity (Wildman–Crippen MR) is 86.6 cm³/mol. The highest BCUT2D eigenvalue weighted by atomic mass is 19.1. The van der Waals surface area contributed by atoms with Gasteiger partial charge in [-0.2, -0.15) is 5.10 Å². The van der Waals surface area contributed by atoms with E-state index < -0.39 is 17.5 Å². The lowest BCUT2D eigenvalue weighted by Crippen LogP contribution is -2.21. The third-order valence-corrected chi connectivity index (χ3v) is 3.00. The number of rotatable bonds is 5. The van der Waals surface area contributed by atoms with Crippen molar-refractivity contribution in [1.29, 1.82) is 0 Å². The Hall–Kier alpha value is -3.09. The summed E-state index contributed by atoms with van der Waals surface area (Å²) in [6, 6.07) is 10.3. The van der Waals surface area contributed by atoms with E-state index >= 15 is 0 Å². The minimum absolute atomic E-state index is 0.0406. The summed E-state index contributed by atoms with van der Waals surface area (Å²) >= 11 is 0. The highest BCUT2D eigenvalue weighted by Crippen LogP contribution is 2.08. The topological polar surface area (TPSA) is 70.6 Å². The Morgan fingerprint density at radius 3 is 2.08 bits per heavy atom. The van der Waals surface area contributed by atoms with Gasteiger partial charge < -0.3 is 5.32 Å². The van der Waals surface area contributed by atoms with Crippen molar-refractivity contribution >= 4 is 23.2 Å². The number of amides is 2. The molecule has 0 fully saturated rings. The molecule has 0 aliphatic carbocycles. The van der Waals surface area contributed by atoms with E-state index in [1.807, 2.05) is 0 Å². The summed E-state index contributed by atoms with van der Waals surface area (Å²) in [5, 5.41) is 6.41. The molecule has 2 rings (SSSR count). The molecule has 2 N–H and O–H groups in total. The number of benzene rings is 2. The van der Waals surface area contributed by atoms with Crippen molar-refractivity contribution in [3.63, 3.8) is 0 Å². The van der Waals surface area contributed by atoms with Crippen molar-refractivity contribution < 1.29 is 18.4 Å². The fourth-order valence-electron chi connectivity index (χ4n) is 1.82. The third kappa shape index (κ3) is 5.28. The smallest absolute Gasteiger partial charge is 0.271 e. The summed E-state index contributed by atoms with van der Waals surface area (Å²) in [5.74, 6) is -1.69. The molecule has 0 bridgehead atoms. The summed E-state index contributed by atoms with van der Waals surface area (Å²) in [7, 11) is 0. The molecule has 0 radical (unpaired) electrons. The predicted octanol–water partition coefficient (Wildman–Crippen LogP) is 3.10. The summed E-state index contributed by atoms with van der Waals surface area (Å²) in [6.07, 6.45) is -0.0406. The van der Waals surface area contributed by atoms with Crippen LogP contribution in [-0.4, -0.2) is 17.5 Å². The summed E-state index contributed by atoms with van der Waals surface area (Å²) in [4.78, 5) is 23.6. The van der Waals surface area contributed by atoms with Crippen LogP contribution in [0.1, 0.15) is 23.7 Å². The van der Waals surface area contributed by atoms with Crippen LogP contribution >= 0.6 is 0 Å². The second-order valence-corrected chi connectivity index (χ2v) is 5.03. The van der Waals surface area contributed by atoms with E-state index in [1.165, 1.54) is 48.5 Å². The lowest BCUT2D eigenvalue weighted by Gasteiger charge is -2.05. The number of anilines is 1. The quantitative estimate of drug-likeness (QED) is 0.653. The monoisotopic (exact) mass is 331 g/mol. The zero-order valence-electron chi connectivity index (χ0n) is 12.8. The summed E-state index contributed by atoms with van der Waals surface area (Å²) in [5.41, 5.74) is 3.39. The third-order valence-electron chi connectivity index (χ3n) is 3.00. The van der Waals surface area contributed by atoms with Gasteiger partial charge in [0.1, 0.15) is 11.6 Å². The zero-order valence-corrected chi connectivity index (χ0v) is 12.8. The van der Waals surface area contributed by atoms with Crippen molar-refractivity contribution in [3.05, 3.63) is 65.7 Å². The van der Waals surface area contributed by atoms with E-state index in [4.69, 9.17) is 0 Å². The van der Waals surface area contributed by atoms with Gasteiger partial charge in [0.15, 0.2) is 0 Å². The molecule has 24 heavy (non-hydrogen) atoms. The molecular formula is C17H15F2N3O2. The van der Waals surface area contributed by atoms with Gasteiger partial charge in [-0.3, -0.25) is 9.59 Å². The Balaban J connectivity index is 1.86. The number of nitrogens with one attached hydrogen (secondary N) is 2. The number of halogens is 2. The van der Waals surface area contributed by atoms with Crippen molar-refractivity contribution in [2.75, 3.05) is 5.32 Å². The molecule has 2 aromatic rings. The maximum atomic E-state index is 12.8. The first-order chi connectivity index (χ1) is 11.4. The molecule has 2 aromatic carbocycles. The Morgan fingerprint density at radius 2 is 1.50 bits per heavy atom. The van der Waals surface area contributed by atoms with Crippen LogP contribution in [0.25, 0.3) is 0 Å². The second-order valence-electron chi connectivity index (χ2n) is 5.03. The van der Waals surface area contributed by atoms with E-state index in [-0.39, 0.29) is 17.9 Å². The molecule has 2 amide bonds. The first-order valence-electron chi connectivity index (χ1n) is 7.08. The number of carbonyl (C=O) groups excluding carboxylic acids is 2. The molecule has 0 aromatic heterocycles. The van der Waals surface area contributed by atoms with Crippen molar-refractivity contribution in [2.45, 2.75) is 13.3 Å². The van der Waals surface area contributed by atoms with Gasteiger partial charge in [0.2, 0.25) is 5.91 Å². The van der Waals surface area contributed by atoms with Crippen LogP contribution in [0.2, 0.25) is 0 Å². The van der Waals surface area contributed by atoms with E-state index in [0.29, 0.717) is 11.4 Å². The normalized spacial score (nSPS) is 11.0. The van der Waals surface area contributed by atoms with Gasteiger partial charge in [-0.25, -0.2) is 14.2 Å². The Kier molecular flexibility index (Phi) is 5.73. The largest absolute Gasteiger partial charge is 0.326 e. The van der Waals surface area contributed by atoms with Crippen molar-refractivity contribution in [2.24, 2.45) is 5.10 Å². The molecule has 0 saturated carbocycles. The number of hydrogen-bond acceptors (Lipinski definition) is 3. The van der Waals surface area contributed by atoms with Crippen LogP contribution in [0.4, 0.5) is 14.5 Å². The molecule has 124 valence electrons. The van der Waals surface area contributed by atoms with Crippen LogP contribution in [0, 0.1) is 11.6 Å². The molecule has 0 heterocycles. The molecule has 0 aliphatic rings. The van der Waals surface area contributed by atoms with Crippen LogP contribution < -0.4 is 10.7 Å². The van der Waals surface area contributed by atoms with Gasteiger partial charge in [0, 0.05) is 17.0 Å². The maximum Gasteiger partial charge on any atom is 0.271 e. The number of hydrogen-bond donors (Lipinski definition) is 2. The van der Waals surface area contributed by atoms with Gasteiger partial charge in [-0.1, -0.05) is 0 Å². The average molecular weight is 331 g/mol. The van der Waals surface area contributed by atoms with Crippen molar-refractivity contribution in [3.8, 4) is 0 Å². The SMILES string of the molecule is CC(CC(=O)Nc1ccc(F)cc1)=NNC(=O)c1ccc(F)cc1. The summed E-state index contributed by atoms with van der Waals surface area (Å²) < 4.78 is 25.6. The van der Waals surface area contributed by atoms with Crippen LogP contribution in [0.5, 0.6) is 0 Å². The first-order valence-corrected chi connectivity index (χ1v) is 7.08. The first kappa shape index (κ1) is 17.3.